The maximum Gasteiger partial charge on any atom is 0.289 e. The smallest absolute Gasteiger partial charge is 0.289 e. The summed E-state index contributed by atoms with van der Waals surface area (Å²) in [5, 5.41) is 14.1. The number of halogens is 1. The molecule has 2 rings (SSSR count). The maximum absolute atomic E-state index is 10.8. The van der Waals surface area contributed by atoms with Gasteiger partial charge in [0.05, 0.1) is 11.2 Å². The monoisotopic (exact) mass is 280 g/mol. The molecule has 1 atom stereocenters. The van der Waals surface area contributed by atoms with Gasteiger partial charge in [0.25, 0.3) is 5.69 Å². The molecule has 6 heteroatoms. The molecule has 2 aromatic rings. The lowest BCUT2D eigenvalue weighted by molar-refractivity contribution is -0.384. The van der Waals surface area contributed by atoms with Gasteiger partial charge in [0.2, 0.25) is 0 Å². The van der Waals surface area contributed by atoms with Crippen molar-refractivity contribution in [1.82, 2.24) is 0 Å². The van der Waals surface area contributed by atoms with Crippen molar-refractivity contribution in [1.29, 1.82) is 0 Å². The van der Waals surface area contributed by atoms with Crippen molar-refractivity contribution < 1.29 is 9.34 Å². The molecule has 5 nitrogen and oxygen atoms in total. The molecule has 0 saturated carbocycles. The van der Waals surface area contributed by atoms with Crippen molar-refractivity contribution in [2.24, 2.45) is 0 Å². The Balaban J connectivity index is 2.06. The highest BCUT2D eigenvalue weighted by atomic mass is 35.5. The quantitative estimate of drug-likeness (QED) is 0.666. The SMILES string of the molecule is CC(Cc1ccco1)Nc1ccc(Cl)c([N+](=O)[O-])c1. The molecule has 0 radical (unpaired) electrons. The minimum Gasteiger partial charge on any atom is -0.469 e. The van der Waals surface area contributed by atoms with Crippen molar-refractivity contribution in [2.75, 3.05) is 5.32 Å². The highest BCUT2D eigenvalue weighted by molar-refractivity contribution is 6.32. The summed E-state index contributed by atoms with van der Waals surface area (Å²) in [5.74, 6) is 0.864. The Labute approximate surface area is 115 Å². The zero-order valence-corrected chi connectivity index (χ0v) is 11.1. The van der Waals surface area contributed by atoms with E-state index >= 15 is 0 Å². The standard InChI is InChI=1S/C13H13ClN2O3/c1-9(7-11-3-2-6-19-11)15-10-4-5-12(14)13(8-10)16(17)18/h2-6,8-9,15H,7H2,1H3. The van der Waals surface area contributed by atoms with Gasteiger partial charge in [0.15, 0.2) is 0 Å². The van der Waals surface area contributed by atoms with Crippen LogP contribution in [0.25, 0.3) is 0 Å². The first-order valence-electron chi connectivity index (χ1n) is 5.79. The van der Waals surface area contributed by atoms with Crippen LogP contribution >= 0.6 is 11.6 Å². The average Bonchev–Trinajstić information content (AvgIpc) is 2.84. The van der Waals surface area contributed by atoms with E-state index in [9.17, 15) is 10.1 Å². The van der Waals surface area contributed by atoms with E-state index in [0.717, 1.165) is 5.76 Å². The summed E-state index contributed by atoms with van der Waals surface area (Å²) in [6.07, 6.45) is 2.32. The molecule has 19 heavy (non-hydrogen) atoms. The molecule has 1 N–H and O–H groups in total. The predicted octanol–water partition coefficient (Wildman–Crippen LogP) is 3.88. The number of furan rings is 1. The molecular formula is C13H13ClN2O3. The predicted molar refractivity (Wildman–Crippen MR) is 73.6 cm³/mol. The van der Waals surface area contributed by atoms with Gasteiger partial charge in [-0.15, -0.1) is 0 Å². The molecule has 1 aromatic carbocycles. The zero-order chi connectivity index (χ0) is 13.8. The molecule has 0 aliphatic carbocycles. The van der Waals surface area contributed by atoms with E-state index < -0.39 is 4.92 Å². The van der Waals surface area contributed by atoms with E-state index in [2.05, 4.69) is 5.32 Å². The average molecular weight is 281 g/mol. The van der Waals surface area contributed by atoms with Gasteiger partial charge in [-0.3, -0.25) is 10.1 Å². The van der Waals surface area contributed by atoms with Gasteiger partial charge in [0.1, 0.15) is 10.8 Å². The number of benzene rings is 1. The first kappa shape index (κ1) is 13.4. The molecule has 0 saturated heterocycles. The van der Waals surface area contributed by atoms with Gasteiger partial charge in [-0.1, -0.05) is 11.6 Å². The Bertz CT molecular complexity index is 569. The number of nitro benzene ring substituents is 1. The van der Waals surface area contributed by atoms with Gasteiger partial charge in [-0.2, -0.15) is 0 Å². The van der Waals surface area contributed by atoms with Gasteiger partial charge < -0.3 is 9.73 Å². The Morgan fingerprint density at radius 1 is 1.47 bits per heavy atom. The third-order valence-electron chi connectivity index (χ3n) is 2.64. The second-order valence-electron chi connectivity index (χ2n) is 4.25. The van der Waals surface area contributed by atoms with Crippen molar-refractivity contribution in [3.8, 4) is 0 Å². The van der Waals surface area contributed by atoms with Crippen LogP contribution < -0.4 is 5.32 Å². The van der Waals surface area contributed by atoms with Crippen molar-refractivity contribution in [3.63, 3.8) is 0 Å². The normalized spacial score (nSPS) is 12.1. The molecule has 1 aromatic heterocycles. The molecule has 0 spiro atoms. The number of nitro groups is 1. The fourth-order valence-corrected chi connectivity index (χ4v) is 1.99. The fourth-order valence-electron chi connectivity index (χ4n) is 1.81. The van der Waals surface area contributed by atoms with Crippen molar-refractivity contribution in [3.05, 3.63) is 57.5 Å². The van der Waals surface area contributed by atoms with Gasteiger partial charge >= 0.3 is 0 Å². The highest BCUT2D eigenvalue weighted by Crippen LogP contribution is 2.27. The Morgan fingerprint density at radius 2 is 2.26 bits per heavy atom. The van der Waals surface area contributed by atoms with E-state index in [-0.39, 0.29) is 16.8 Å². The van der Waals surface area contributed by atoms with E-state index in [1.807, 2.05) is 19.1 Å². The van der Waals surface area contributed by atoms with Crippen LogP contribution in [0.4, 0.5) is 11.4 Å². The van der Waals surface area contributed by atoms with Gasteiger partial charge in [-0.05, 0) is 31.2 Å². The summed E-state index contributed by atoms with van der Waals surface area (Å²) >= 11 is 5.76. The van der Waals surface area contributed by atoms with Crippen LogP contribution in [0.1, 0.15) is 12.7 Å². The lowest BCUT2D eigenvalue weighted by atomic mass is 10.2. The third kappa shape index (κ3) is 3.48. The maximum atomic E-state index is 10.8. The molecular weight excluding hydrogens is 268 g/mol. The second kappa shape index (κ2) is 5.75. The largest absolute Gasteiger partial charge is 0.469 e. The first-order chi connectivity index (χ1) is 9.06. The molecule has 100 valence electrons. The molecule has 0 aliphatic rings. The van der Waals surface area contributed by atoms with Gasteiger partial charge in [-0.25, -0.2) is 0 Å². The Kier molecular flexibility index (Phi) is 4.06. The van der Waals surface area contributed by atoms with Crippen LogP contribution in [-0.4, -0.2) is 11.0 Å². The number of anilines is 1. The van der Waals surface area contributed by atoms with E-state index in [1.54, 1.807) is 12.3 Å². The lowest BCUT2D eigenvalue weighted by Gasteiger charge is -2.14. The Hall–Kier alpha value is -2.01. The zero-order valence-electron chi connectivity index (χ0n) is 10.3. The molecule has 1 unspecified atom stereocenters. The Morgan fingerprint density at radius 3 is 2.89 bits per heavy atom. The third-order valence-corrected chi connectivity index (χ3v) is 2.96. The van der Waals surface area contributed by atoms with Crippen LogP contribution in [-0.2, 0) is 6.42 Å². The molecule has 0 bridgehead atoms. The van der Waals surface area contributed by atoms with Crippen LogP contribution in [0.2, 0.25) is 5.02 Å². The van der Waals surface area contributed by atoms with Crippen molar-refractivity contribution in [2.45, 2.75) is 19.4 Å². The van der Waals surface area contributed by atoms with Crippen LogP contribution in [0, 0.1) is 10.1 Å². The molecule has 0 aliphatic heterocycles. The topological polar surface area (TPSA) is 68.3 Å². The fraction of sp³-hybridized carbons (Fsp3) is 0.231. The van der Waals surface area contributed by atoms with Crippen LogP contribution in [0.15, 0.2) is 41.0 Å². The van der Waals surface area contributed by atoms with E-state index in [4.69, 9.17) is 16.0 Å². The van der Waals surface area contributed by atoms with Crippen LogP contribution in [0.3, 0.4) is 0 Å². The molecule has 0 amide bonds. The summed E-state index contributed by atoms with van der Waals surface area (Å²) in [6, 6.07) is 8.47. The summed E-state index contributed by atoms with van der Waals surface area (Å²) in [7, 11) is 0. The molecule has 1 heterocycles. The number of nitrogens with one attached hydrogen (secondary N) is 1. The summed E-state index contributed by atoms with van der Waals surface area (Å²) < 4.78 is 5.25. The van der Waals surface area contributed by atoms with Crippen molar-refractivity contribution >= 4 is 23.0 Å². The first-order valence-corrected chi connectivity index (χ1v) is 6.17. The minimum atomic E-state index is -0.495. The second-order valence-corrected chi connectivity index (χ2v) is 4.66. The number of hydrogen-bond donors (Lipinski definition) is 1. The number of nitrogens with zero attached hydrogens (tertiary/aromatic N) is 1. The molecule has 0 fully saturated rings. The van der Waals surface area contributed by atoms with Gasteiger partial charge in [0, 0.05) is 24.2 Å². The minimum absolute atomic E-state index is 0.0897. The number of hydrogen-bond acceptors (Lipinski definition) is 4. The summed E-state index contributed by atoms with van der Waals surface area (Å²) in [5.41, 5.74) is 0.562. The van der Waals surface area contributed by atoms with Crippen LogP contribution in [0.5, 0.6) is 0 Å². The van der Waals surface area contributed by atoms with E-state index in [1.165, 1.54) is 12.1 Å². The highest BCUT2D eigenvalue weighted by Gasteiger charge is 2.14. The van der Waals surface area contributed by atoms with E-state index in [0.29, 0.717) is 12.1 Å². The summed E-state index contributed by atoms with van der Waals surface area (Å²) in [4.78, 5) is 10.3. The lowest BCUT2D eigenvalue weighted by Crippen LogP contribution is -2.17. The summed E-state index contributed by atoms with van der Waals surface area (Å²) in [6.45, 7) is 1.98. The number of rotatable bonds is 5.